The number of hydrogen-bond acceptors (Lipinski definition) is 1. The maximum atomic E-state index is 7.10. The van der Waals surface area contributed by atoms with E-state index in [2.05, 4.69) is 7.85 Å². The Kier molecular flexibility index (Phi) is 21.2. The Balaban J connectivity index is -0.00000000333. The average Bonchev–Trinajstić information content (AvgIpc) is 0.918. The summed E-state index contributed by atoms with van der Waals surface area (Å²) in [5, 5.41) is 7.10. The topological polar surface area (TPSA) is 23.8 Å². The van der Waals surface area contributed by atoms with E-state index in [9.17, 15) is 0 Å². The van der Waals surface area contributed by atoms with Crippen molar-refractivity contribution in [2.75, 3.05) is 0 Å². The van der Waals surface area contributed by atoms with Gasteiger partial charge in [-0.3, -0.25) is 0 Å². The molecular weight excluding hydrogens is 59.8 g/mol. The maximum Gasteiger partial charge on any atom is 1.00 e. The zero-order valence-corrected chi connectivity index (χ0v) is 4.52. The van der Waals surface area contributed by atoms with Crippen LogP contribution in [-0.2, 0) is 0 Å². The second-order valence-electron chi connectivity index (χ2n) is 0.129. The van der Waals surface area contributed by atoms with E-state index in [1.807, 2.05) is 0 Å². The molecule has 0 bridgehead atoms. The summed E-state index contributed by atoms with van der Waals surface area (Å²) in [7, 11) is 4.15. The van der Waals surface area contributed by atoms with Gasteiger partial charge >= 0.3 is 48.6 Å². The van der Waals surface area contributed by atoms with E-state index in [1.54, 1.807) is 0 Å². The molecule has 0 spiro atoms. The van der Waals surface area contributed by atoms with E-state index in [0.717, 1.165) is 0 Å². The van der Waals surface area contributed by atoms with Crippen LogP contribution in [0.15, 0.2) is 0 Å². The summed E-state index contributed by atoms with van der Waals surface area (Å²) in [5.74, 6) is 1.25. The van der Waals surface area contributed by atoms with Crippen LogP contribution in [0.2, 0.25) is 0 Å². The van der Waals surface area contributed by atoms with Crippen molar-refractivity contribution in [3.05, 3.63) is 0 Å². The van der Waals surface area contributed by atoms with Gasteiger partial charge in [0.05, 0.1) is 0 Å². The van der Waals surface area contributed by atoms with Crippen molar-refractivity contribution in [2.45, 2.75) is 0 Å². The summed E-state index contributed by atoms with van der Waals surface area (Å²) in [6.07, 6.45) is 0. The Hall–Kier alpha value is 0.555. The number of nitrogens with zero attached hydrogens (tertiary/aromatic N) is 1. The summed E-state index contributed by atoms with van der Waals surface area (Å²) in [6, 6.07) is 0. The van der Waals surface area contributed by atoms with E-state index < -0.39 is 0 Å². The normalized spacial score (nSPS) is 2.25. The van der Waals surface area contributed by atoms with Crippen molar-refractivity contribution < 1.29 is 33.8 Å². The summed E-state index contributed by atoms with van der Waals surface area (Å²) in [5.41, 5.74) is 0. The van der Waals surface area contributed by atoms with Crippen molar-refractivity contribution in [3.63, 3.8) is 0 Å². The number of rotatable bonds is 0. The van der Waals surface area contributed by atoms with Crippen molar-refractivity contribution >= 4 is 7.85 Å². The average molecular weight is 62.8 g/mol. The Morgan fingerprint density at radius 3 is 2.00 bits per heavy atom. The van der Waals surface area contributed by atoms with Crippen molar-refractivity contribution in [1.82, 2.24) is 0 Å². The van der Waals surface area contributed by atoms with E-state index in [0.29, 0.717) is 0 Å². The van der Waals surface area contributed by atoms with Crippen LogP contribution in [0.1, 0.15) is 4.28 Å². The van der Waals surface area contributed by atoms with Gasteiger partial charge in [0.1, 0.15) is 0 Å². The molecule has 0 aromatic carbocycles. The van der Waals surface area contributed by atoms with E-state index in [4.69, 9.17) is 5.26 Å². The summed E-state index contributed by atoms with van der Waals surface area (Å²) in [6.45, 7) is 0. The number of hydrogen-bond donors (Lipinski definition) is 0. The molecule has 0 aliphatic heterocycles. The molecule has 0 saturated carbocycles. The first-order chi connectivity index (χ1) is 1.41. The quantitative estimate of drug-likeness (QED) is 0.274. The van der Waals surface area contributed by atoms with Gasteiger partial charge in [0.25, 0.3) is 0 Å². The molecule has 3 heteroatoms. The fourth-order valence-corrected chi connectivity index (χ4v) is 0. The van der Waals surface area contributed by atoms with Gasteiger partial charge in [-0.05, 0) is 0 Å². The Morgan fingerprint density at radius 1 is 2.00 bits per heavy atom. The minimum atomic E-state index is 0. The third-order valence-corrected chi connectivity index (χ3v) is 0. The van der Waals surface area contributed by atoms with Gasteiger partial charge in [-0.1, -0.05) is 0 Å². The second-order valence-corrected chi connectivity index (χ2v) is 0.129. The first-order valence-corrected chi connectivity index (χ1v) is 0.512. The smallest absolute Gasteiger partial charge is 1.00 e. The minimum absolute atomic E-state index is 0. The van der Waals surface area contributed by atoms with Gasteiger partial charge in [-0.15, -0.1) is 0 Å². The molecular formula is CH3BNNa. The van der Waals surface area contributed by atoms with Crippen molar-refractivity contribution in [1.29, 1.82) is 5.26 Å². The zero-order chi connectivity index (χ0) is 2.71. The van der Waals surface area contributed by atoms with Crippen LogP contribution in [0, 0.1) is 11.2 Å². The molecule has 0 unspecified atom stereocenters. The molecule has 4 heavy (non-hydrogen) atoms. The second kappa shape index (κ2) is 9.60. The summed E-state index contributed by atoms with van der Waals surface area (Å²) < 4.78 is 0. The SMILES string of the molecule is [B+2]C#N.[H-].[H-].[H-].[Na+]. The van der Waals surface area contributed by atoms with Gasteiger partial charge in [-0.25, -0.2) is 0 Å². The molecule has 0 rings (SSSR count). The molecule has 16 valence electrons. The molecule has 0 N–H and O–H groups in total. The first-order valence-electron chi connectivity index (χ1n) is 0.512. The van der Waals surface area contributed by atoms with Gasteiger partial charge in [0, 0.05) is 0 Å². The van der Waals surface area contributed by atoms with Crippen molar-refractivity contribution in [2.24, 2.45) is 0 Å². The summed E-state index contributed by atoms with van der Waals surface area (Å²) in [4.78, 5) is 0. The van der Waals surface area contributed by atoms with Crippen LogP contribution in [0.25, 0.3) is 0 Å². The van der Waals surface area contributed by atoms with Gasteiger partial charge in [-0.2, -0.15) is 0 Å². The third-order valence-electron chi connectivity index (χ3n) is 0. The molecule has 0 aromatic heterocycles. The maximum absolute atomic E-state index is 7.10. The fraction of sp³-hybridized carbons (Fsp3) is 0. The van der Waals surface area contributed by atoms with E-state index in [-0.39, 0.29) is 33.8 Å². The van der Waals surface area contributed by atoms with Gasteiger partial charge in [0.2, 0.25) is 0 Å². The molecule has 0 aliphatic carbocycles. The zero-order valence-electron chi connectivity index (χ0n) is 5.52. The van der Waals surface area contributed by atoms with Crippen LogP contribution in [0.5, 0.6) is 0 Å². The molecule has 0 saturated heterocycles. The molecule has 0 aliphatic rings. The number of nitriles is 1. The Morgan fingerprint density at radius 2 is 2.00 bits per heavy atom. The Labute approximate surface area is 53.2 Å². The molecule has 0 radical (unpaired) electrons. The van der Waals surface area contributed by atoms with Crippen LogP contribution in [0.4, 0.5) is 0 Å². The fourth-order valence-electron chi connectivity index (χ4n) is 0. The molecule has 0 heterocycles. The Bertz CT molecular complexity index is 36.4. The molecule has 0 aromatic rings. The molecule has 0 fully saturated rings. The minimum Gasteiger partial charge on any atom is -1.00 e. The monoisotopic (exact) mass is 63.0 g/mol. The first kappa shape index (κ1) is 8.82. The van der Waals surface area contributed by atoms with E-state index in [1.165, 1.54) is 5.97 Å². The molecule has 0 amide bonds. The predicted molar refractivity (Wildman–Crippen MR) is 14.7 cm³/mol. The summed E-state index contributed by atoms with van der Waals surface area (Å²) >= 11 is 0. The van der Waals surface area contributed by atoms with Crippen LogP contribution in [0.3, 0.4) is 0 Å². The predicted octanol–water partition coefficient (Wildman–Crippen LogP) is -3.02. The van der Waals surface area contributed by atoms with Crippen LogP contribution in [-0.4, -0.2) is 7.85 Å². The largest absolute Gasteiger partial charge is 1.00 e. The molecule has 0 atom stereocenters. The van der Waals surface area contributed by atoms with Gasteiger partial charge < -0.3 is 4.28 Å². The van der Waals surface area contributed by atoms with Crippen LogP contribution >= 0.6 is 0 Å². The molecule has 1 nitrogen and oxygen atoms in total. The standard InChI is InChI=1S/CBN.Na.3H/c2-1-3;;;;/q+2;+1;3*-1. The van der Waals surface area contributed by atoms with Gasteiger partial charge in [0.15, 0.2) is 0 Å². The third kappa shape index (κ3) is 20.1. The van der Waals surface area contributed by atoms with Crippen molar-refractivity contribution in [3.8, 4) is 5.97 Å². The van der Waals surface area contributed by atoms with E-state index >= 15 is 0 Å². The van der Waals surface area contributed by atoms with Crippen LogP contribution < -0.4 is 29.6 Å².